The van der Waals surface area contributed by atoms with E-state index in [1.54, 1.807) is 19.2 Å². The summed E-state index contributed by atoms with van der Waals surface area (Å²) >= 11 is 1.45. The van der Waals surface area contributed by atoms with Crippen molar-refractivity contribution in [2.75, 3.05) is 20.3 Å². The number of thiophene rings is 1. The van der Waals surface area contributed by atoms with Crippen LogP contribution in [0.15, 0.2) is 41.3 Å². The molecule has 1 N–H and O–H groups in total. The number of rotatable bonds is 8. The minimum Gasteiger partial charge on any atom is -0.507 e. The third-order valence-corrected chi connectivity index (χ3v) is 6.19. The number of carbonyl (C=O) groups is 2. The van der Waals surface area contributed by atoms with Gasteiger partial charge < -0.3 is 19.5 Å². The lowest BCUT2D eigenvalue weighted by Crippen LogP contribution is -2.33. The molecule has 1 aromatic heterocycles. The van der Waals surface area contributed by atoms with Gasteiger partial charge in [-0.1, -0.05) is 19.9 Å². The highest BCUT2D eigenvalue weighted by atomic mass is 32.1. The van der Waals surface area contributed by atoms with Gasteiger partial charge in [-0.3, -0.25) is 9.59 Å². The maximum absolute atomic E-state index is 13.0. The first kappa shape index (κ1) is 23.0. The SMILES string of the molecule is COc1ccc(/C(O)=C2/C(=O)C(=O)N(CCOC(C)C)C2c2cccs2)cc1C(C)C. The van der Waals surface area contributed by atoms with Gasteiger partial charge in [-0.15, -0.1) is 11.3 Å². The Morgan fingerprint density at radius 1 is 1.19 bits per heavy atom. The maximum Gasteiger partial charge on any atom is 0.295 e. The highest BCUT2D eigenvalue weighted by Crippen LogP contribution is 2.41. The Kier molecular flexibility index (Phi) is 7.18. The number of ketones is 1. The van der Waals surface area contributed by atoms with Crippen LogP contribution < -0.4 is 4.74 Å². The van der Waals surface area contributed by atoms with E-state index in [9.17, 15) is 14.7 Å². The smallest absolute Gasteiger partial charge is 0.295 e. The van der Waals surface area contributed by atoms with Crippen LogP contribution in [0.5, 0.6) is 5.75 Å². The van der Waals surface area contributed by atoms with Crippen LogP contribution in [0.4, 0.5) is 0 Å². The molecule has 1 aliphatic heterocycles. The average Bonchev–Trinajstić information content (AvgIpc) is 3.35. The molecule has 0 aliphatic carbocycles. The number of hydrogen-bond donors (Lipinski definition) is 1. The first-order valence-corrected chi connectivity index (χ1v) is 11.3. The van der Waals surface area contributed by atoms with Crippen molar-refractivity contribution >= 4 is 28.8 Å². The molecular weight excluding hydrogens is 414 g/mol. The van der Waals surface area contributed by atoms with Crippen LogP contribution in [0.25, 0.3) is 5.76 Å². The Morgan fingerprint density at radius 2 is 1.94 bits per heavy atom. The minimum absolute atomic E-state index is 0.0192. The van der Waals surface area contributed by atoms with Crippen molar-refractivity contribution in [3.63, 3.8) is 0 Å². The predicted octanol–water partition coefficient (Wildman–Crippen LogP) is 4.73. The van der Waals surface area contributed by atoms with Gasteiger partial charge in [0.25, 0.3) is 11.7 Å². The van der Waals surface area contributed by atoms with Gasteiger partial charge >= 0.3 is 0 Å². The first-order valence-electron chi connectivity index (χ1n) is 10.4. The summed E-state index contributed by atoms with van der Waals surface area (Å²) < 4.78 is 11.0. The summed E-state index contributed by atoms with van der Waals surface area (Å²) in [6.45, 7) is 8.47. The highest BCUT2D eigenvalue weighted by molar-refractivity contribution is 7.10. The van der Waals surface area contributed by atoms with Gasteiger partial charge in [0, 0.05) is 17.0 Å². The van der Waals surface area contributed by atoms with Gasteiger partial charge in [-0.2, -0.15) is 0 Å². The molecule has 31 heavy (non-hydrogen) atoms. The van der Waals surface area contributed by atoms with Crippen molar-refractivity contribution < 1.29 is 24.2 Å². The zero-order valence-electron chi connectivity index (χ0n) is 18.5. The molecule has 0 saturated carbocycles. The van der Waals surface area contributed by atoms with E-state index >= 15 is 0 Å². The number of methoxy groups -OCH3 is 1. The summed E-state index contributed by atoms with van der Waals surface area (Å²) in [5.41, 5.74) is 1.51. The molecule has 0 bridgehead atoms. The Labute approximate surface area is 187 Å². The van der Waals surface area contributed by atoms with Crippen molar-refractivity contribution in [3.8, 4) is 5.75 Å². The fraction of sp³-hybridized carbons (Fsp3) is 0.417. The number of hydrogen-bond acceptors (Lipinski definition) is 6. The molecule has 1 saturated heterocycles. The van der Waals surface area contributed by atoms with E-state index < -0.39 is 17.7 Å². The Bertz CT molecular complexity index is 978. The van der Waals surface area contributed by atoms with E-state index in [0.29, 0.717) is 17.9 Å². The monoisotopic (exact) mass is 443 g/mol. The summed E-state index contributed by atoms with van der Waals surface area (Å²) in [5.74, 6) is -0.597. The molecule has 1 unspecified atom stereocenters. The van der Waals surface area contributed by atoms with Crippen LogP contribution in [-0.2, 0) is 14.3 Å². The second-order valence-electron chi connectivity index (χ2n) is 8.04. The topological polar surface area (TPSA) is 76.1 Å². The van der Waals surface area contributed by atoms with Gasteiger partial charge in [0.1, 0.15) is 11.5 Å². The summed E-state index contributed by atoms with van der Waals surface area (Å²) in [7, 11) is 1.60. The average molecular weight is 444 g/mol. The standard InChI is InChI=1S/C24H29NO5S/c1-14(2)17-13-16(8-9-18(17)29-5)22(26)20-21(19-7-6-12-31-19)25(24(28)23(20)27)10-11-30-15(3)4/h6-9,12-15,21,26H,10-11H2,1-5H3/b22-20-. The second-order valence-corrected chi connectivity index (χ2v) is 9.02. The largest absolute Gasteiger partial charge is 0.507 e. The molecule has 2 heterocycles. The quantitative estimate of drug-likeness (QED) is 0.363. The van der Waals surface area contributed by atoms with E-state index in [4.69, 9.17) is 9.47 Å². The highest BCUT2D eigenvalue weighted by Gasteiger charge is 2.46. The van der Waals surface area contributed by atoms with E-state index in [2.05, 4.69) is 0 Å². The molecule has 1 aromatic carbocycles. The first-order chi connectivity index (χ1) is 14.8. The fourth-order valence-electron chi connectivity index (χ4n) is 3.73. The fourth-order valence-corrected chi connectivity index (χ4v) is 4.57. The molecule has 1 fully saturated rings. The number of likely N-dealkylation sites (tertiary alicyclic amines) is 1. The van der Waals surface area contributed by atoms with E-state index in [1.807, 2.05) is 51.3 Å². The van der Waals surface area contributed by atoms with Gasteiger partial charge in [-0.05, 0) is 55.0 Å². The Balaban J connectivity index is 2.08. The summed E-state index contributed by atoms with van der Waals surface area (Å²) in [4.78, 5) is 28.2. The predicted molar refractivity (Wildman–Crippen MR) is 121 cm³/mol. The van der Waals surface area contributed by atoms with Crippen LogP contribution in [-0.4, -0.2) is 48.1 Å². The molecule has 1 amide bonds. The number of ether oxygens (including phenoxy) is 2. The van der Waals surface area contributed by atoms with Crippen LogP contribution in [0.2, 0.25) is 0 Å². The third kappa shape index (κ3) is 4.67. The van der Waals surface area contributed by atoms with E-state index in [-0.39, 0.29) is 29.9 Å². The summed E-state index contributed by atoms with van der Waals surface area (Å²) in [5, 5.41) is 13.1. The number of amides is 1. The zero-order chi connectivity index (χ0) is 22.7. The van der Waals surface area contributed by atoms with Gasteiger partial charge in [-0.25, -0.2) is 0 Å². The molecule has 1 atom stereocenters. The molecule has 0 radical (unpaired) electrons. The van der Waals surface area contributed by atoms with Crippen LogP contribution >= 0.6 is 11.3 Å². The lowest BCUT2D eigenvalue weighted by Gasteiger charge is -2.24. The van der Waals surface area contributed by atoms with E-state index in [0.717, 1.165) is 10.4 Å². The van der Waals surface area contributed by atoms with Crippen molar-refractivity contribution in [1.29, 1.82) is 0 Å². The zero-order valence-corrected chi connectivity index (χ0v) is 19.4. The normalized spacial score (nSPS) is 18.4. The molecule has 3 rings (SSSR count). The number of aliphatic hydroxyl groups excluding tert-OH is 1. The van der Waals surface area contributed by atoms with Gasteiger partial charge in [0.05, 0.1) is 31.4 Å². The second kappa shape index (κ2) is 9.66. The molecule has 6 nitrogen and oxygen atoms in total. The maximum atomic E-state index is 13.0. The van der Waals surface area contributed by atoms with Gasteiger partial charge in [0.15, 0.2) is 0 Å². The molecule has 0 spiro atoms. The molecule has 166 valence electrons. The Morgan fingerprint density at radius 3 is 2.52 bits per heavy atom. The minimum atomic E-state index is -0.678. The number of benzene rings is 1. The lowest BCUT2D eigenvalue weighted by atomic mass is 9.95. The Hall–Kier alpha value is -2.64. The summed E-state index contributed by atoms with van der Waals surface area (Å²) in [6, 6.07) is 8.41. The number of Topliss-reactive ketones (excluding diaryl/α,β-unsaturated/α-hetero) is 1. The van der Waals surface area contributed by atoms with Crippen molar-refractivity contribution in [3.05, 3.63) is 57.3 Å². The third-order valence-electron chi connectivity index (χ3n) is 5.26. The molecule has 7 heteroatoms. The molecule has 1 aliphatic rings. The molecular formula is C24H29NO5S. The summed E-state index contributed by atoms with van der Waals surface area (Å²) in [6.07, 6.45) is 0.0192. The number of carbonyl (C=O) groups excluding carboxylic acids is 2. The van der Waals surface area contributed by atoms with E-state index in [1.165, 1.54) is 16.2 Å². The van der Waals surface area contributed by atoms with Crippen LogP contribution in [0.1, 0.15) is 55.7 Å². The molecule has 2 aromatic rings. The lowest BCUT2D eigenvalue weighted by molar-refractivity contribution is -0.140. The van der Waals surface area contributed by atoms with Crippen molar-refractivity contribution in [2.45, 2.75) is 45.8 Å². The van der Waals surface area contributed by atoms with Crippen LogP contribution in [0.3, 0.4) is 0 Å². The van der Waals surface area contributed by atoms with Crippen molar-refractivity contribution in [2.24, 2.45) is 0 Å². The number of aliphatic hydroxyl groups is 1. The number of nitrogens with zero attached hydrogens (tertiary/aromatic N) is 1. The van der Waals surface area contributed by atoms with Gasteiger partial charge in [0.2, 0.25) is 0 Å². The van der Waals surface area contributed by atoms with Crippen molar-refractivity contribution in [1.82, 2.24) is 4.90 Å². The van der Waals surface area contributed by atoms with Crippen LogP contribution in [0, 0.1) is 0 Å².